The molecule has 0 saturated heterocycles. The Bertz CT molecular complexity index is 308. The minimum absolute atomic E-state index is 0. The Balaban J connectivity index is 0. The van der Waals surface area contributed by atoms with Crippen LogP contribution in [0.4, 0.5) is 0 Å². The van der Waals surface area contributed by atoms with Crippen LogP contribution in [0.5, 0.6) is 0 Å². The zero-order chi connectivity index (χ0) is 17.9. The van der Waals surface area contributed by atoms with E-state index in [1.807, 2.05) is 0 Å². The molecule has 0 amide bonds. The van der Waals surface area contributed by atoms with Gasteiger partial charge < -0.3 is 9.84 Å². The number of rotatable bonds is 17. The summed E-state index contributed by atoms with van der Waals surface area (Å²) in [7, 11) is 0. The molecule has 0 radical (unpaired) electrons. The number of hydrogen-bond donors (Lipinski definition) is 1. The van der Waals surface area contributed by atoms with E-state index in [2.05, 4.69) is 11.7 Å². The predicted octanol–water partition coefficient (Wildman–Crippen LogP) is 4.39. The first kappa shape index (κ1) is 27.6. The van der Waals surface area contributed by atoms with E-state index < -0.39 is 18.5 Å². The molecule has 0 aliphatic carbocycles. The van der Waals surface area contributed by atoms with Crippen LogP contribution in [0.15, 0.2) is 0 Å². The molecule has 0 aliphatic heterocycles. The number of aliphatic hydroxyl groups excluding tert-OH is 1. The summed E-state index contributed by atoms with van der Waals surface area (Å²) in [5.41, 5.74) is 0. The molecule has 1 N–H and O–H groups in total. The van der Waals surface area contributed by atoms with Crippen molar-refractivity contribution in [3.8, 4) is 0 Å². The quantitative estimate of drug-likeness (QED) is 0.175. The average Bonchev–Trinajstić information content (AvgIpc) is 2.58. The van der Waals surface area contributed by atoms with E-state index in [0.29, 0.717) is 0 Å². The first-order valence-electron chi connectivity index (χ1n) is 10.0. The number of unbranched alkanes of at least 4 members (excludes halogenated alkanes) is 14. The van der Waals surface area contributed by atoms with Crippen molar-refractivity contribution in [1.29, 1.82) is 0 Å². The molecule has 0 aromatic rings. The molecule has 0 bridgehead atoms. The van der Waals surface area contributed by atoms with Gasteiger partial charge in [-0.25, -0.2) is 4.79 Å². The van der Waals surface area contributed by atoms with Crippen molar-refractivity contribution in [2.45, 2.75) is 110 Å². The molecule has 0 saturated carbocycles. The van der Waals surface area contributed by atoms with Crippen molar-refractivity contribution in [3.05, 3.63) is 0 Å². The molecule has 25 heavy (non-hydrogen) atoms. The summed E-state index contributed by atoms with van der Waals surface area (Å²) in [5, 5.41) is 8.46. The third-order valence-corrected chi connectivity index (χ3v) is 4.34. The summed E-state index contributed by atoms with van der Waals surface area (Å²) >= 11 is 0. The molecule has 0 fully saturated rings. The topological polar surface area (TPSA) is 63.6 Å². The predicted molar refractivity (Wildman–Crippen MR) is 106 cm³/mol. The SMILES string of the molecule is CCCCCCCCCCCCCCCCCC(=O)OC(=O)CO.[CaH2]. The summed E-state index contributed by atoms with van der Waals surface area (Å²) in [6.45, 7) is 1.53. The number of hydrogen-bond acceptors (Lipinski definition) is 4. The van der Waals surface area contributed by atoms with Crippen molar-refractivity contribution in [3.63, 3.8) is 0 Å². The van der Waals surface area contributed by atoms with Gasteiger partial charge in [0, 0.05) is 6.42 Å². The number of ether oxygens (including phenoxy) is 1. The van der Waals surface area contributed by atoms with E-state index in [0.717, 1.165) is 19.3 Å². The summed E-state index contributed by atoms with van der Waals surface area (Å²) in [4.78, 5) is 21.9. The van der Waals surface area contributed by atoms with Crippen LogP contribution in [-0.4, -0.2) is 61.4 Å². The molecule has 0 aromatic carbocycles. The fourth-order valence-corrected chi connectivity index (χ4v) is 2.85. The first-order chi connectivity index (χ1) is 11.7. The van der Waals surface area contributed by atoms with Gasteiger partial charge in [0.05, 0.1) is 0 Å². The van der Waals surface area contributed by atoms with E-state index in [4.69, 9.17) is 5.11 Å². The van der Waals surface area contributed by atoms with Gasteiger partial charge in [0.25, 0.3) is 0 Å². The molecule has 0 unspecified atom stereocenters. The molecular formula is C20H40CaO4. The van der Waals surface area contributed by atoms with Gasteiger partial charge in [-0.1, -0.05) is 96.8 Å². The van der Waals surface area contributed by atoms with E-state index in [1.54, 1.807) is 0 Å². The molecule has 0 spiro atoms. The van der Waals surface area contributed by atoms with E-state index in [-0.39, 0.29) is 44.2 Å². The van der Waals surface area contributed by atoms with Gasteiger partial charge in [0.2, 0.25) is 0 Å². The molecule has 0 aromatic heterocycles. The Morgan fingerprint density at radius 1 is 0.640 bits per heavy atom. The van der Waals surface area contributed by atoms with Crippen molar-refractivity contribution in [2.75, 3.05) is 6.61 Å². The zero-order valence-corrected chi connectivity index (χ0v) is 15.7. The standard InChI is InChI=1S/C20H38O4.Ca.2H/c1-2-3-4-5-6-7-8-9-10-11-12-13-14-15-16-17-19(22)24-20(23)18-21;;;/h21H,2-18H2,1H3;;;. The Morgan fingerprint density at radius 3 is 1.36 bits per heavy atom. The average molecular weight is 385 g/mol. The maximum atomic E-state index is 11.2. The Morgan fingerprint density at radius 2 is 1.00 bits per heavy atom. The second-order valence-electron chi connectivity index (χ2n) is 6.70. The van der Waals surface area contributed by atoms with Crippen molar-refractivity contribution in [2.24, 2.45) is 0 Å². The molecule has 4 nitrogen and oxygen atoms in total. The Labute approximate surface area is 184 Å². The number of carbonyl (C=O) groups is 2. The first-order valence-corrected chi connectivity index (χ1v) is 10.0. The number of carbonyl (C=O) groups excluding carboxylic acids is 2. The van der Waals surface area contributed by atoms with Crippen LogP contribution in [0, 0.1) is 0 Å². The minimum atomic E-state index is -0.860. The second kappa shape index (κ2) is 22.4. The number of aliphatic hydroxyl groups is 1. The van der Waals surface area contributed by atoms with Crippen LogP contribution in [0.25, 0.3) is 0 Å². The molecular weight excluding hydrogens is 344 g/mol. The van der Waals surface area contributed by atoms with E-state index >= 15 is 0 Å². The third-order valence-electron chi connectivity index (χ3n) is 4.34. The van der Waals surface area contributed by atoms with Gasteiger partial charge in [-0.15, -0.1) is 0 Å². The Kier molecular flexibility index (Phi) is 24.7. The van der Waals surface area contributed by atoms with E-state index in [1.165, 1.54) is 77.0 Å². The Hall–Kier alpha value is 0.360. The van der Waals surface area contributed by atoms with Gasteiger partial charge in [0.1, 0.15) is 6.61 Å². The normalized spacial score (nSPS) is 10.3. The van der Waals surface area contributed by atoms with Crippen molar-refractivity contribution < 1.29 is 19.4 Å². The van der Waals surface area contributed by atoms with E-state index in [9.17, 15) is 9.59 Å². The number of esters is 2. The molecule has 5 heteroatoms. The van der Waals surface area contributed by atoms with Crippen LogP contribution < -0.4 is 0 Å². The summed E-state index contributed by atoms with van der Waals surface area (Å²) in [6, 6.07) is 0. The van der Waals surface area contributed by atoms with Gasteiger partial charge in [-0.05, 0) is 6.42 Å². The fraction of sp³-hybridized carbons (Fsp3) is 0.900. The summed E-state index contributed by atoms with van der Waals surface area (Å²) in [6.07, 6.45) is 19.5. The van der Waals surface area contributed by atoms with Crippen LogP contribution in [0.3, 0.4) is 0 Å². The molecule has 146 valence electrons. The second-order valence-corrected chi connectivity index (χ2v) is 6.70. The fourth-order valence-electron chi connectivity index (χ4n) is 2.85. The van der Waals surface area contributed by atoms with Crippen molar-refractivity contribution >= 4 is 49.7 Å². The monoisotopic (exact) mass is 384 g/mol. The third kappa shape index (κ3) is 22.3. The molecule has 0 atom stereocenters. The molecule has 0 heterocycles. The van der Waals surface area contributed by atoms with Crippen LogP contribution in [0.1, 0.15) is 110 Å². The maximum absolute atomic E-state index is 11.2. The van der Waals surface area contributed by atoms with Crippen LogP contribution in [-0.2, 0) is 14.3 Å². The van der Waals surface area contributed by atoms with Crippen molar-refractivity contribution in [1.82, 2.24) is 0 Å². The van der Waals surface area contributed by atoms with Gasteiger partial charge >= 0.3 is 49.7 Å². The summed E-state index contributed by atoms with van der Waals surface area (Å²) < 4.78 is 4.39. The van der Waals surface area contributed by atoms with Gasteiger partial charge in [0.15, 0.2) is 0 Å². The van der Waals surface area contributed by atoms with Gasteiger partial charge in [-0.2, -0.15) is 0 Å². The molecule has 0 aliphatic rings. The summed E-state index contributed by atoms with van der Waals surface area (Å²) in [5.74, 6) is -1.38. The van der Waals surface area contributed by atoms with Gasteiger partial charge in [-0.3, -0.25) is 4.79 Å². The van der Waals surface area contributed by atoms with Crippen LogP contribution in [0.2, 0.25) is 0 Å². The van der Waals surface area contributed by atoms with Crippen LogP contribution >= 0.6 is 0 Å². The zero-order valence-electron chi connectivity index (χ0n) is 15.7. The molecule has 0 rings (SSSR count).